The quantitative estimate of drug-likeness (QED) is 0.803. The summed E-state index contributed by atoms with van der Waals surface area (Å²) in [5.74, 6) is -4.95. The Hall–Kier alpha value is -1.82. The van der Waals surface area contributed by atoms with Crippen LogP contribution in [0.3, 0.4) is 0 Å². The van der Waals surface area contributed by atoms with E-state index in [0.717, 1.165) is 16.6 Å². The Bertz CT molecular complexity index is 688. The molecule has 0 aromatic heterocycles. The van der Waals surface area contributed by atoms with E-state index in [4.69, 9.17) is 0 Å². The molecule has 0 aliphatic rings. The Kier molecular flexibility index (Phi) is 4.13. The minimum atomic E-state index is -1.62. The lowest BCUT2D eigenvalue weighted by molar-refractivity contribution is 0.102. The smallest absolute Gasteiger partial charge is 0.256 e. The Balaban J connectivity index is 2.33. The van der Waals surface area contributed by atoms with Crippen LogP contribution in [-0.2, 0) is 0 Å². The van der Waals surface area contributed by atoms with Crippen molar-refractivity contribution in [3.63, 3.8) is 0 Å². The summed E-state index contributed by atoms with van der Waals surface area (Å²) in [7, 11) is 0. The van der Waals surface area contributed by atoms with Gasteiger partial charge < -0.3 is 5.32 Å². The van der Waals surface area contributed by atoms with Crippen LogP contribution in [0.2, 0.25) is 0 Å². The average Bonchev–Trinajstić information content (AvgIpc) is 2.42. The first-order valence-corrected chi connectivity index (χ1v) is 6.41. The predicted molar refractivity (Wildman–Crippen MR) is 73.1 cm³/mol. The largest absolute Gasteiger partial charge is 0.319 e. The van der Waals surface area contributed by atoms with Crippen LogP contribution in [0.4, 0.5) is 18.9 Å². The number of amides is 1. The van der Waals surface area contributed by atoms with Gasteiger partial charge in [0.25, 0.3) is 5.91 Å². The monoisotopic (exact) mass is 343 g/mol. The molecular formula is C14H9BrF3NO. The number of halogens is 4. The Labute approximate surface area is 121 Å². The van der Waals surface area contributed by atoms with E-state index in [1.807, 2.05) is 0 Å². The Morgan fingerprint density at radius 2 is 1.80 bits per heavy atom. The average molecular weight is 344 g/mol. The molecule has 1 N–H and O–H groups in total. The first-order valence-electron chi connectivity index (χ1n) is 5.61. The van der Waals surface area contributed by atoms with Crippen LogP contribution >= 0.6 is 15.9 Å². The molecule has 0 aliphatic carbocycles. The molecule has 2 rings (SSSR count). The molecule has 2 nitrogen and oxygen atoms in total. The Morgan fingerprint density at radius 1 is 1.10 bits per heavy atom. The third-order valence-corrected chi connectivity index (χ3v) is 3.65. The molecule has 1 amide bonds. The maximum atomic E-state index is 13.5. The summed E-state index contributed by atoms with van der Waals surface area (Å²) in [6, 6.07) is 6.67. The summed E-state index contributed by atoms with van der Waals surface area (Å²) in [4.78, 5) is 12.0. The SMILES string of the molecule is Cc1c(Br)cccc1C(=O)Nc1ccc(F)c(F)c1F. The van der Waals surface area contributed by atoms with Gasteiger partial charge in [-0.25, -0.2) is 13.2 Å². The fourth-order valence-corrected chi connectivity index (χ4v) is 2.03. The minimum Gasteiger partial charge on any atom is -0.319 e. The van der Waals surface area contributed by atoms with Crippen LogP contribution in [0.5, 0.6) is 0 Å². The van der Waals surface area contributed by atoms with Crippen LogP contribution in [0.1, 0.15) is 15.9 Å². The van der Waals surface area contributed by atoms with Gasteiger partial charge in [0, 0.05) is 10.0 Å². The fraction of sp³-hybridized carbons (Fsp3) is 0.0714. The van der Waals surface area contributed by atoms with E-state index in [1.54, 1.807) is 25.1 Å². The maximum absolute atomic E-state index is 13.5. The van der Waals surface area contributed by atoms with Gasteiger partial charge in [-0.1, -0.05) is 22.0 Å². The van der Waals surface area contributed by atoms with Crippen molar-refractivity contribution in [2.45, 2.75) is 6.92 Å². The molecule has 0 saturated heterocycles. The van der Waals surface area contributed by atoms with Gasteiger partial charge >= 0.3 is 0 Å². The van der Waals surface area contributed by atoms with Gasteiger partial charge in [0.05, 0.1) is 5.69 Å². The summed E-state index contributed by atoms with van der Waals surface area (Å²) in [6.45, 7) is 1.71. The molecule has 2 aromatic carbocycles. The van der Waals surface area contributed by atoms with Crippen LogP contribution in [0.15, 0.2) is 34.8 Å². The molecule has 0 spiro atoms. The van der Waals surface area contributed by atoms with Crippen molar-refractivity contribution in [2.75, 3.05) is 5.32 Å². The number of anilines is 1. The first-order chi connectivity index (χ1) is 9.41. The van der Waals surface area contributed by atoms with Crippen molar-refractivity contribution in [3.8, 4) is 0 Å². The molecule has 0 fully saturated rings. The molecule has 2 aromatic rings. The molecule has 0 unspecified atom stereocenters. The van der Waals surface area contributed by atoms with Gasteiger partial charge in [-0.3, -0.25) is 4.79 Å². The van der Waals surface area contributed by atoms with Crippen molar-refractivity contribution in [3.05, 3.63) is 63.4 Å². The van der Waals surface area contributed by atoms with Gasteiger partial charge in [-0.2, -0.15) is 0 Å². The Morgan fingerprint density at radius 3 is 2.50 bits per heavy atom. The molecular weight excluding hydrogens is 335 g/mol. The topological polar surface area (TPSA) is 29.1 Å². The van der Waals surface area contributed by atoms with Crippen LogP contribution in [-0.4, -0.2) is 5.91 Å². The number of hydrogen-bond donors (Lipinski definition) is 1. The van der Waals surface area contributed by atoms with Gasteiger partial charge in [-0.15, -0.1) is 0 Å². The summed E-state index contributed by atoms with van der Waals surface area (Å²) < 4.78 is 40.1. The summed E-state index contributed by atoms with van der Waals surface area (Å²) in [5.41, 5.74) is 0.560. The highest BCUT2D eigenvalue weighted by Gasteiger charge is 2.17. The molecule has 0 saturated carbocycles. The zero-order chi connectivity index (χ0) is 14.9. The van der Waals surface area contributed by atoms with Crippen LogP contribution < -0.4 is 5.32 Å². The highest BCUT2D eigenvalue weighted by molar-refractivity contribution is 9.10. The van der Waals surface area contributed by atoms with E-state index in [1.165, 1.54) is 0 Å². The van der Waals surface area contributed by atoms with E-state index in [2.05, 4.69) is 21.2 Å². The molecule has 0 atom stereocenters. The van der Waals surface area contributed by atoms with Crippen molar-refractivity contribution < 1.29 is 18.0 Å². The third-order valence-electron chi connectivity index (χ3n) is 2.80. The zero-order valence-electron chi connectivity index (χ0n) is 10.3. The van der Waals surface area contributed by atoms with Gasteiger partial charge in [0.2, 0.25) is 0 Å². The third kappa shape index (κ3) is 2.70. The summed E-state index contributed by atoms with van der Waals surface area (Å²) in [6.07, 6.45) is 0. The molecule has 0 bridgehead atoms. The normalized spacial score (nSPS) is 10.4. The van der Waals surface area contributed by atoms with Gasteiger partial charge in [-0.05, 0) is 36.8 Å². The molecule has 0 heterocycles. The lowest BCUT2D eigenvalue weighted by Gasteiger charge is -2.10. The second kappa shape index (κ2) is 5.66. The molecule has 104 valence electrons. The number of benzene rings is 2. The molecule has 6 heteroatoms. The number of carbonyl (C=O) groups excluding carboxylic acids is 1. The van der Waals surface area contributed by atoms with E-state index < -0.39 is 29.0 Å². The highest BCUT2D eigenvalue weighted by Crippen LogP contribution is 2.23. The zero-order valence-corrected chi connectivity index (χ0v) is 11.9. The molecule has 20 heavy (non-hydrogen) atoms. The molecule has 0 radical (unpaired) electrons. The van der Waals surface area contributed by atoms with Crippen molar-refractivity contribution in [1.29, 1.82) is 0 Å². The molecule has 0 aliphatic heterocycles. The van der Waals surface area contributed by atoms with E-state index >= 15 is 0 Å². The second-order valence-corrected chi connectivity index (χ2v) is 4.94. The predicted octanol–water partition coefficient (Wildman–Crippen LogP) is 4.43. The van der Waals surface area contributed by atoms with E-state index in [0.29, 0.717) is 11.1 Å². The summed E-state index contributed by atoms with van der Waals surface area (Å²) >= 11 is 3.27. The van der Waals surface area contributed by atoms with Gasteiger partial charge in [0.15, 0.2) is 17.5 Å². The lowest BCUT2D eigenvalue weighted by Crippen LogP contribution is -2.15. The van der Waals surface area contributed by atoms with Gasteiger partial charge in [0.1, 0.15) is 0 Å². The second-order valence-electron chi connectivity index (χ2n) is 4.09. The first kappa shape index (κ1) is 14.6. The van der Waals surface area contributed by atoms with E-state index in [9.17, 15) is 18.0 Å². The van der Waals surface area contributed by atoms with Crippen molar-refractivity contribution >= 4 is 27.5 Å². The maximum Gasteiger partial charge on any atom is 0.256 e. The lowest BCUT2D eigenvalue weighted by atomic mass is 10.1. The number of nitrogens with one attached hydrogen (secondary N) is 1. The standard InChI is InChI=1S/C14H9BrF3NO/c1-7-8(3-2-4-9(7)15)14(20)19-11-6-5-10(16)12(17)13(11)18/h2-6H,1H3,(H,19,20). The summed E-state index contributed by atoms with van der Waals surface area (Å²) in [5, 5.41) is 2.22. The highest BCUT2D eigenvalue weighted by atomic mass is 79.9. The fourth-order valence-electron chi connectivity index (χ4n) is 1.67. The number of carbonyl (C=O) groups is 1. The van der Waals surface area contributed by atoms with Crippen LogP contribution in [0.25, 0.3) is 0 Å². The van der Waals surface area contributed by atoms with E-state index in [-0.39, 0.29) is 0 Å². The van der Waals surface area contributed by atoms with Crippen molar-refractivity contribution in [1.82, 2.24) is 0 Å². The number of hydrogen-bond acceptors (Lipinski definition) is 1. The minimum absolute atomic E-state index is 0.309. The van der Waals surface area contributed by atoms with Crippen LogP contribution in [0, 0.1) is 24.4 Å². The van der Waals surface area contributed by atoms with Crippen molar-refractivity contribution in [2.24, 2.45) is 0 Å². The number of rotatable bonds is 2.